The van der Waals surface area contributed by atoms with E-state index in [-0.39, 0.29) is 32.7 Å². The van der Waals surface area contributed by atoms with Crippen LogP contribution in [0.3, 0.4) is 0 Å². The first-order valence-electron chi connectivity index (χ1n) is 20.9. The van der Waals surface area contributed by atoms with Gasteiger partial charge in [-0.05, 0) is 67.9 Å². The average Bonchev–Trinajstić information content (AvgIpc) is 3.50. The van der Waals surface area contributed by atoms with Gasteiger partial charge in [0.1, 0.15) is 0 Å². The van der Waals surface area contributed by atoms with Gasteiger partial charge in [0.15, 0.2) is 0 Å². The highest BCUT2D eigenvalue weighted by Gasteiger charge is 2.37. The molecule has 0 saturated heterocycles. The Morgan fingerprint density at radius 2 is 0.918 bits per heavy atom. The number of nitrogens with zero attached hydrogens (tertiary/aromatic N) is 1. The molecular weight excluding hydrogens is 608 g/mol. The largest absolute Gasteiger partial charge is 0.288 e. The van der Waals surface area contributed by atoms with Gasteiger partial charge < -0.3 is 0 Å². The maximum atomic E-state index is 13.0. The van der Waals surface area contributed by atoms with Crippen LogP contribution in [0.1, 0.15) is 180 Å². The molecule has 4 unspecified atom stereocenters. The maximum absolute atomic E-state index is 13.0. The molecule has 0 spiro atoms. The Bertz CT molecular complexity index is 1550. The van der Waals surface area contributed by atoms with E-state index < -0.39 is 11.1 Å². The van der Waals surface area contributed by atoms with E-state index in [9.17, 15) is 19.2 Å². The molecule has 2 aromatic heterocycles. The van der Waals surface area contributed by atoms with Crippen molar-refractivity contribution in [3.8, 4) is 0 Å². The fraction of sp³-hybridized carbons (Fsp3) is 0.767. The molecule has 0 radical (unpaired) electrons. The zero-order chi connectivity index (χ0) is 34.4. The number of rotatable bonds is 16. The summed E-state index contributed by atoms with van der Waals surface area (Å²) in [5.41, 5.74) is -1.71. The predicted molar refractivity (Wildman–Crippen MR) is 206 cm³/mol. The van der Waals surface area contributed by atoms with Crippen LogP contribution in [-0.4, -0.2) is 9.55 Å². The molecule has 3 saturated carbocycles. The SMILES string of the molecule is CCCCCCCCC1C2CCCCCCCCCCCC(CC2)C1CCCCCCCCn1c(=O)c2cc3c(=O)[nH]c(=O)c3cc2c1=O. The van der Waals surface area contributed by atoms with Crippen LogP contribution in [-0.2, 0) is 6.54 Å². The van der Waals surface area contributed by atoms with Crippen molar-refractivity contribution in [1.82, 2.24) is 9.55 Å². The van der Waals surface area contributed by atoms with Crippen molar-refractivity contribution < 1.29 is 0 Å². The lowest BCUT2D eigenvalue weighted by Crippen LogP contribution is -2.35. The molecule has 0 amide bonds. The minimum atomic E-state index is -0.505. The van der Waals surface area contributed by atoms with E-state index in [4.69, 9.17) is 0 Å². The van der Waals surface area contributed by atoms with Gasteiger partial charge in [-0.3, -0.25) is 28.7 Å². The molecule has 6 heteroatoms. The summed E-state index contributed by atoms with van der Waals surface area (Å²) in [7, 11) is 0. The van der Waals surface area contributed by atoms with Crippen molar-refractivity contribution in [1.29, 1.82) is 0 Å². The zero-order valence-corrected chi connectivity index (χ0v) is 30.8. The topological polar surface area (TPSA) is 89.0 Å². The van der Waals surface area contributed by atoms with Crippen molar-refractivity contribution in [3.05, 3.63) is 53.5 Å². The first-order chi connectivity index (χ1) is 24.0. The minimum absolute atomic E-state index is 0.186. The van der Waals surface area contributed by atoms with Gasteiger partial charge in [0.25, 0.3) is 22.2 Å². The first-order valence-corrected chi connectivity index (χ1v) is 20.9. The van der Waals surface area contributed by atoms with Crippen LogP contribution in [0.25, 0.3) is 21.5 Å². The lowest BCUT2D eigenvalue weighted by Gasteiger charge is -2.44. The number of aromatic nitrogens is 2. The maximum Gasteiger partial charge on any atom is 0.261 e. The molecule has 4 atom stereocenters. The van der Waals surface area contributed by atoms with E-state index in [1.54, 1.807) is 0 Å². The monoisotopic (exact) mass is 675 g/mol. The van der Waals surface area contributed by atoms with E-state index in [2.05, 4.69) is 11.9 Å². The third kappa shape index (κ3) is 10.3. The minimum Gasteiger partial charge on any atom is -0.288 e. The van der Waals surface area contributed by atoms with E-state index >= 15 is 0 Å². The van der Waals surface area contributed by atoms with E-state index in [1.165, 1.54) is 171 Å². The Kier molecular flexibility index (Phi) is 15.2. The third-order valence-corrected chi connectivity index (χ3v) is 12.7. The van der Waals surface area contributed by atoms with Crippen LogP contribution in [0.4, 0.5) is 0 Å². The molecule has 3 fully saturated rings. The number of fused-ring (bicyclic) bond motifs is 14. The number of unbranched alkanes of at least 4 members (excludes halogenated alkanes) is 10. The molecule has 3 aliphatic carbocycles. The van der Waals surface area contributed by atoms with E-state index in [0.29, 0.717) is 6.54 Å². The van der Waals surface area contributed by atoms with Crippen LogP contribution >= 0.6 is 0 Å². The number of hydrogen-bond donors (Lipinski definition) is 1. The number of benzene rings is 1. The molecule has 0 aliphatic heterocycles. The van der Waals surface area contributed by atoms with Crippen molar-refractivity contribution in [3.63, 3.8) is 0 Å². The summed E-state index contributed by atoms with van der Waals surface area (Å²) >= 11 is 0. The predicted octanol–water partition coefficient (Wildman–Crippen LogP) is 10.5. The van der Waals surface area contributed by atoms with Gasteiger partial charge in [0.05, 0.1) is 21.5 Å². The summed E-state index contributed by atoms with van der Waals surface area (Å²) in [4.78, 5) is 52.4. The van der Waals surface area contributed by atoms with E-state index in [0.717, 1.165) is 42.9 Å². The van der Waals surface area contributed by atoms with Gasteiger partial charge >= 0.3 is 0 Å². The molecule has 272 valence electrons. The molecule has 1 aromatic carbocycles. The lowest BCUT2D eigenvalue weighted by atomic mass is 9.61. The average molecular weight is 675 g/mol. The summed E-state index contributed by atoms with van der Waals surface area (Å²) in [6, 6.07) is 2.84. The quantitative estimate of drug-likeness (QED) is 0.153. The zero-order valence-electron chi connectivity index (χ0n) is 30.8. The molecule has 2 bridgehead atoms. The standard InChI is InChI=1S/C43H66N2O4/c1-2-3-4-5-15-20-25-34-32-23-18-13-9-7-6-8-10-14-19-24-33(28-27-32)35(34)26-21-16-11-12-17-22-29-45-42(48)38-30-36-37(31-39(38)43(45)49)41(47)44-40(36)46/h30-35H,2-29H2,1H3,(H,44,46,47). The van der Waals surface area contributed by atoms with Crippen LogP contribution in [0.15, 0.2) is 31.3 Å². The molecule has 3 aliphatic rings. The Hall–Kier alpha value is -2.50. The smallest absolute Gasteiger partial charge is 0.261 e. The van der Waals surface area contributed by atoms with Crippen molar-refractivity contribution >= 4 is 21.5 Å². The third-order valence-electron chi connectivity index (χ3n) is 12.7. The summed E-state index contributed by atoms with van der Waals surface area (Å²) in [5, 5.41) is 0.854. The van der Waals surface area contributed by atoms with Gasteiger partial charge in [-0.1, -0.05) is 148 Å². The van der Waals surface area contributed by atoms with E-state index in [1.807, 2.05) is 0 Å². The first kappa shape index (κ1) is 37.7. The molecule has 3 aromatic rings. The van der Waals surface area contributed by atoms with Gasteiger partial charge in [-0.25, -0.2) is 0 Å². The number of aromatic amines is 1. The normalized spacial score (nSPS) is 22.9. The fourth-order valence-electron chi connectivity index (χ4n) is 9.89. The molecule has 6 rings (SSSR count). The molecule has 49 heavy (non-hydrogen) atoms. The second kappa shape index (κ2) is 19.8. The second-order valence-corrected chi connectivity index (χ2v) is 16.1. The van der Waals surface area contributed by atoms with Gasteiger partial charge in [0.2, 0.25) is 0 Å². The van der Waals surface area contributed by atoms with Crippen LogP contribution < -0.4 is 22.2 Å². The van der Waals surface area contributed by atoms with Gasteiger partial charge in [-0.2, -0.15) is 0 Å². The Balaban J connectivity index is 1.11. The highest BCUT2D eigenvalue weighted by Crippen LogP contribution is 2.48. The van der Waals surface area contributed by atoms with Crippen LogP contribution in [0.2, 0.25) is 0 Å². The Labute approximate surface area is 294 Å². The summed E-state index contributed by atoms with van der Waals surface area (Å²) < 4.78 is 1.30. The number of nitrogens with one attached hydrogen (secondary N) is 1. The highest BCUT2D eigenvalue weighted by atomic mass is 16.2. The number of hydrogen-bond acceptors (Lipinski definition) is 4. The molecule has 2 heterocycles. The summed E-state index contributed by atoms with van der Waals surface area (Å²) in [6.45, 7) is 2.71. The molecule has 1 N–H and O–H groups in total. The van der Waals surface area contributed by atoms with Gasteiger partial charge in [0, 0.05) is 6.54 Å². The highest BCUT2D eigenvalue weighted by molar-refractivity contribution is 5.97. The second-order valence-electron chi connectivity index (χ2n) is 16.1. The number of H-pyrrole nitrogens is 1. The van der Waals surface area contributed by atoms with Crippen molar-refractivity contribution in [2.75, 3.05) is 0 Å². The van der Waals surface area contributed by atoms with Crippen molar-refractivity contribution in [2.24, 2.45) is 23.7 Å². The van der Waals surface area contributed by atoms with Crippen molar-refractivity contribution in [2.45, 2.75) is 187 Å². The Morgan fingerprint density at radius 3 is 1.39 bits per heavy atom. The summed E-state index contributed by atoms with van der Waals surface area (Å²) in [5.74, 6) is 3.78. The fourth-order valence-corrected chi connectivity index (χ4v) is 9.89. The van der Waals surface area contributed by atoms with Crippen LogP contribution in [0.5, 0.6) is 0 Å². The van der Waals surface area contributed by atoms with Gasteiger partial charge in [-0.15, -0.1) is 0 Å². The molecule has 6 nitrogen and oxygen atoms in total. The Morgan fingerprint density at radius 1 is 0.510 bits per heavy atom. The molecular formula is C43H66N2O4. The van der Waals surface area contributed by atoms with Crippen LogP contribution in [0, 0.1) is 23.7 Å². The lowest BCUT2D eigenvalue weighted by molar-refractivity contribution is 0.0582. The summed E-state index contributed by atoms with van der Waals surface area (Å²) in [6.07, 6.45) is 37.0.